The minimum atomic E-state index is -3.68. The van der Waals surface area contributed by atoms with Gasteiger partial charge in [-0.2, -0.15) is 0 Å². The van der Waals surface area contributed by atoms with Crippen LogP contribution in [0.5, 0.6) is 0 Å². The van der Waals surface area contributed by atoms with Crippen molar-refractivity contribution < 1.29 is 35.9 Å². The number of rotatable bonds is 15. The summed E-state index contributed by atoms with van der Waals surface area (Å²) in [4.78, 5) is 22.5. The summed E-state index contributed by atoms with van der Waals surface area (Å²) in [5.41, 5.74) is 0. The third-order valence-corrected chi connectivity index (χ3v) is 10.6. The summed E-state index contributed by atoms with van der Waals surface area (Å²) in [6, 6.07) is 0. The van der Waals surface area contributed by atoms with Gasteiger partial charge < -0.3 is 9.47 Å². The summed E-state index contributed by atoms with van der Waals surface area (Å²) in [6.07, 6.45) is 0.244. The van der Waals surface area contributed by atoms with E-state index < -0.39 is 24.9 Å². The molecule has 0 atom stereocenters. The standard InChI is InChI=1S/C12H23NO8S5/c1-2-20-11(14)5-3-8-21-12(15)6-7-13-25(16,17)9-4-10-26(18,19)24-23-22/h13,22H,2-10H2,1H3. The number of ether oxygens (including phenoxy) is 2. The number of nitrogens with one attached hydrogen (secondary N) is 1. The zero-order valence-corrected chi connectivity index (χ0v) is 18.4. The second-order valence-corrected chi connectivity index (χ2v) is 13.5. The fourth-order valence-electron chi connectivity index (χ4n) is 1.59. The first-order valence-electron chi connectivity index (χ1n) is 7.63. The molecule has 9 nitrogen and oxygen atoms in total. The molecule has 0 aliphatic carbocycles. The average Bonchev–Trinajstić information content (AvgIpc) is 2.51. The summed E-state index contributed by atoms with van der Waals surface area (Å²) < 4.78 is 58.0. The molecule has 0 saturated heterocycles. The van der Waals surface area contributed by atoms with Crippen molar-refractivity contribution in [1.29, 1.82) is 0 Å². The first-order chi connectivity index (χ1) is 12.1. The maximum Gasteiger partial charge on any atom is 0.307 e. The first kappa shape index (κ1) is 25.9. The van der Waals surface area contributed by atoms with Crippen molar-refractivity contribution in [2.75, 3.05) is 31.3 Å². The fourth-order valence-corrected chi connectivity index (χ4v) is 8.30. The molecule has 14 heteroatoms. The lowest BCUT2D eigenvalue weighted by molar-refractivity contribution is -0.147. The summed E-state index contributed by atoms with van der Waals surface area (Å²) >= 11 is 3.71. The molecule has 0 aliphatic heterocycles. The first-order valence-corrected chi connectivity index (χ1v) is 14.6. The molecular formula is C12H23NO8S5. The highest BCUT2D eigenvalue weighted by Gasteiger charge is 2.16. The van der Waals surface area contributed by atoms with E-state index in [-0.39, 0.29) is 56.5 Å². The lowest BCUT2D eigenvalue weighted by Crippen LogP contribution is -2.29. The second kappa shape index (κ2) is 13.9. The SMILES string of the molecule is CCOC(=O)CCCOC(=O)CCNS(=O)(=O)CCCS(=O)(=O)SSS. The number of hydrogen-bond acceptors (Lipinski definition) is 11. The summed E-state index contributed by atoms with van der Waals surface area (Å²) in [7, 11) is -5.74. The Labute approximate surface area is 166 Å². The predicted molar refractivity (Wildman–Crippen MR) is 106 cm³/mol. The highest BCUT2D eigenvalue weighted by atomic mass is 33.7. The van der Waals surface area contributed by atoms with Gasteiger partial charge in [-0.3, -0.25) is 9.59 Å². The Morgan fingerprint density at radius 2 is 1.65 bits per heavy atom. The summed E-state index contributed by atoms with van der Waals surface area (Å²) in [5, 5.41) is 0. The van der Waals surface area contributed by atoms with Gasteiger partial charge in [0, 0.05) is 22.8 Å². The molecule has 0 aliphatic rings. The maximum atomic E-state index is 11.7. The molecule has 0 radical (unpaired) electrons. The van der Waals surface area contributed by atoms with Crippen LogP contribution in [0.1, 0.15) is 32.6 Å². The number of carbonyl (C=O) groups excluding carboxylic acids is 2. The zero-order chi connectivity index (χ0) is 20.1. The van der Waals surface area contributed by atoms with Crippen LogP contribution in [0, 0.1) is 0 Å². The van der Waals surface area contributed by atoms with Crippen molar-refractivity contribution in [2.24, 2.45) is 0 Å². The lowest BCUT2D eigenvalue weighted by atomic mass is 10.3. The molecule has 0 saturated carbocycles. The average molecular weight is 470 g/mol. The molecule has 0 amide bonds. The molecule has 0 bridgehead atoms. The minimum Gasteiger partial charge on any atom is -0.466 e. The monoisotopic (exact) mass is 469 g/mol. The lowest BCUT2D eigenvalue weighted by Gasteiger charge is -2.07. The molecule has 0 spiro atoms. The zero-order valence-electron chi connectivity index (χ0n) is 14.2. The van der Waals surface area contributed by atoms with Gasteiger partial charge in [-0.15, -0.1) is 0 Å². The van der Waals surface area contributed by atoms with E-state index in [0.717, 1.165) is 9.83 Å². The largest absolute Gasteiger partial charge is 0.466 e. The number of carbonyl (C=O) groups is 2. The Bertz CT molecular complexity index is 634. The van der Waals surface area contributed by atoms with E-state index in [1.54, 1.807) is 6.92 Å². The Hall–Kier alpha value is -0.150. The van der Waals surface area contributed by atoms with Gasteiger partial charge in [0.2, 0.25) is 18.9 Å². The molecule has 154 valence electrons. The van der Waals surface area contributed by atoms with Crippen LogP contribution in [0.3, 0.4) is 0 Å². The smallest absolute Gasteiger partial charge is 0.307 e. The van der Waals surface area contributed by atoms with E-state index in [1.165, 1.54) is 0 Å². The molecule has 1 N–H and O–H groups in total. The van der Waals surface area contributed by atoms with E-state index in [4.69, 9.17) is 9.47 Å². The second-order valence-electron chi connectivity index (χ2n) is 4.85. The van der Waals surface area contributed by atoms with Crippen LogP contribution < -0.4 is 4.72 Å². The Kier molecular flexibility index (Phi) is 13.9. The minimum absolute atomic E-state index is 0.0447. The van der Waals surface area contributed by atoms with Crippen molar-refractivity contribution in [3.05, 3.63) is 0 Å². The van der Waals surface area contributed by atoms with Crippen LogP contribution >= 0.6 is 31.3 Å². The van der Waals surface area contributed by atoms with E-state index in [0.29, 0.717) is 16.2 Å². The van der Waals surface area contributed by atoms with Crippen LogP contribution in [0.15, 0.2) is 0 Å². The van der Waals surface area contributed by atoms with Crippen LogP contribution in [0.2, 0.25) is 0 Å². The van der Waals surface area contributed by atoms with Crippen molar-refractivity contribution >= 4 is 62.1 Å². The molecular weight excluding hydrogens is 446 g/mol. The van der Waals surface area contributed by atoms with Gasteiger partial charge in [0.15, 0.2) is 0 Å². The Balaban J connectivity index is 3.89. The van der Waals surface area contributed by atoms with E-state index in [9.17, 15) is 26.4 Å². The van der Waals surface area contributed by atoms with Gasteiger partial charge in [-0.05, 0) is 29.6 Å². The molecule has 26 heavy (non-hydrogen) atoms. The maximum absolute atomic E-state index is 11.7. The van der Waals surface area contributed by atoms with Crippen LogP contribution in [-0.2, 0) is 38.0 Å². The van der Waals surface area contributed by atoms with Crippen molar-refractivity contribution in [2.45, 2.75) is 32.6 Å². The van der Waals surface area contributed by atoms with Crippen LogP contribution in [-0.4, -0.2) is 60.0 Å². The Morgan fingerprint density at radius 3 is 2.27 bits per heavy atom. The van der Waals surface area contributed by atoms with Crippen LogP contribution in [0.4, 0.5) is 0 Å². The number of thiol groups is 1. The Morgan fingerprint density at radius 1 is 1.00 bits per heavy atom. The predicted octanol–water partition coefficient (Wildman–Crippen LogP) is 1.13. The number of sulfonamides is 1. The van der Waals surface area contributed by atoms with Gasteiger partial charge in [-0.1, -0.05) is 11.7 Å². The normalized spacial score (nSPS) is 11.9. The van der Waals surface area contributed by atoms with Crippen LogP contribution in [0.25, 0.3) is 0 Å². The highest BCUT2D eigenvalue weighted by Crippen LogP contribution is 2.31. The third kappa shape index (κ3) is 15.0. The molecule has 0 heterocycles. The summed E-state index contributed by atoms with van der Waals surface area (Å²) in [5.74, 6) is -1.61. The highest BCUT2D eigenvalue weighted by molar-refractivity contribution is 9.22. The van der Waals surface area contributed by atoms with E-state index >= 15 is 0 Å². The van der Waals surface area contributed by atoms with Gasteiger partial charge >= 0.3 is 11.9 Å². The summed E-state index contributed by atoms with van der Waals surface area (Å²) in [6.45, 7) is 1.88. The molecule has 0 rings (SSSR count). The van der Waals surface area contributed by atoms with Crippen molar-refractivity contribution in [1.82, 2.24) is 4.72 Å². The number of esters is 2. The molecule has 0 aromatic heterocycles. The third-order valence-electron chi connectivity index (χ3n) is 2.69. The van der Waals surface area contributed by atoms with Gasteiger partial charge in [-0.25, -0.2) is 21.6 Å². The molecule has 0 unspecified atom stereocenters. The number of hydrogen-bond donors (Lipinski definition) is 2. The fraction of sp³-hybridized carbons (Fsp3) is 0.833. The van der Waals surface area contributed by atoms with Gasteiger partial charge in [0.1, 0.15) is 0 Å². The molecule has 0 aromatic carbocycles. The molecule has 0 fully saturated rings. The van der Waals surface area contributed by atoms with Crippen molar-refractivity contribution in [3.63, 3.8) is 0 Å². The topological polar surface area (TPSA) is 133 Å². The van der Waals surface area contributed by atoms with Crippen molar-refractivity contribution in [3.8, 4) is 0 Å². The van der Waals surface area contributed by atoms with Gasteiger partial charge in [0.05, 0.1) is 31.1 Å². The van der Waals surface area contributed by atoms with E-state index in [2.05, 4.69) is 16.4 Å². The quantitative estimate of drug-likeness (QED) is 0.156. The van der Waals surface area contributed by atoms with Gasteiger partial charge in [0.25, 0.3) is 0 Å². The molecule has 0 aromatic rings. The van der Waals surface area contributed by atoms with E-state index in [1.807, 2.05) is 0 Å².